The van der Waals surface area contributed by atoms with Crippen LogP contribution in [0.2, 0.25) is 0 Å². The van der Waals surface area contributed by atoms with Gasteiger partial charge in [0, 0.05) is 31.9 Å². The van der Waals surface area contributed by atoms with E-state index in [0.717, 1.165) is 76.4 Å². The minimum Gasteiger partial charge on any atom is -0.494 e. The van der Waals surface area contributed by atoms with Gasteiger partial charge in [-0.2, -0.15) is 0 Å². The molecule has 2 aliphatic rings. The molecule has 2 atom stereocenters. The zero-order valence-electron chi connectivity index (χ0n) is 18.7. The average Bonchev–Trinajstić information content (AvgIpc) is 2.77. The second-order valence-electron chi connectivity index (χ2n) is 8.68. The normalized spacial score (nSPS) is 25.1. The van der Waals surface area contributed by atoms with Crippen molar-refractivity contribution in [1.29, 1.82) is 0 Å². The van der Waals surface area contributed by atoms with Crippen molar-refractivity contribution >= 4 is 11.6 Å². The molecule has 1 aliphatic heterocycles. The van der Waals surface area contributed by atoms with Gasteiger partial charge in [-0.3, -0.25) is 9.69 Å². The smallest absolute Gasteiger partial charge is 0.256 e. The fourth-order valence-electron chi connectivity index (χ4n) is 4.39. The van der Waals surface area contributed by atoms with Gasteiger partial charge in [0.2, 0.25) is 0 Å². The molecule has 0 radical (unpaired) electrons. The Morgan fingerprint density at radius 2 is 2.00 bits per heavy atom. The van der Waals surface area contributed by atoms with Crippen molar-refractivity contribution < 1.29 is 19.0 Å². The zero-order chi connectivity index (χ0) is 21.2. The number of hydrogen-bond acceptors (Lipinski definition) is 5. The van der Waals surface area contributed by atoms with Crippen molar-refractivity contribution in [2.75, 3.05) is 51.4 Å². The third kappa shape index (κ3) is 6.69. The van der Waals surface area contributed by atoms with E-state index >= 15 is 0 Å². The fourth-order valence-corrected chi connectivity index (χ4v) is 4.39. The van der Waals surface area contributed by atoms with Crippen molar-refractivity contribution in [3.8, 4) is 5.75 Å². The highest BCUT2D eigenvalue weighted by Gasteiger charge is 2.42. The number of amides is 1. The summed E-state index contributed by atoms with van der Waals surface area (Å²) in [6.45, 7) is 10.3. The highest BCUT2D eigenvalue weighted by molar-refractivity contribution is 5.97. The minimum absolute atomic E-state index is 0.0123. The molecule has 3 rings (SSSR count). The topological polar surface area (TPSA) is 60.0 Å². The largest absolute Gasteiger partial charge is 0.494 e. The van der Waals surface area contributed by atoms with Crippen LogP contribution in [0.15, 0.2) is 24.3 Å². The van der Waals surface area contributed by atoms with Gasteiger partial charge in [0.1, 0.15) is 11.4 Å². The number of hydrogen-bond donors (Lipinski definition) is 1. The summed E-state index contributed by atoms with van der Waals surface area (Å²) in [7, 11) is 0. The van der Waals surface area contributed by atoms with Crippen LogP contribution in [0.3, 0.4) is 0 Å². The van der Waals surface area contributed by atoms with Crippen LogP contribution >= 0.6 is 0 Å². The molecule has 168 valence electrons. The Kier molecular flexibility index (Phi) is 8.97. The maximum absolute atomic E-state index is 13.1. The van der Waals surface area contributed by atoms with Gasteiger partial charge >= 0.3 is 0 Å². The monoisotopic (exact) mass is 418 g/mol. The van der Waals surface area contributed by atoms with E-state index in [2.05, 4.69) is 24.1 Å². The summed E-state index contributed by atoms with van der Waals surface area (Å²) in [5.41, 5.74) is 0.0980. The molecule has 0 unspecified atom stereocenters. The number of nitrogens with one attached hydrogen (secondary N) is 1. The third-order valence-electron chi connectivity index (χ3n) is 6.06. The predicted molar refractivity (Wildman–Crippen MR) is 119 cm³/mol. The number of nitrogens with zero attached hydrogens (tertiary/aromatic N) is 1. The van der Waals surface area contributed by atoms with Crippen LogP contribution in [0.5, 0.6) is 5.75 Å². The summed E-state index contributed by atoms with van der Waals surface area (Å²) in [4.78, 5) is 15.5. The highest BCUT2D eigenvalue weighted by atomic mass is 16.5. The summed E-state index contributed by atoms with van der Waals surface area (Å²) in [5, 5.41) is 3.08. The Labute approximate surface area is 181 Å². The molecule has 1 amide bonds. The molecule has 1 aromatic rings. The minimum atomic E-state index is -0.692. The number of ether oxygens (including phenoxy) is 3. The van der Waals surface area contributed by atoms with Crippen molar-refractivity contribution in [3.63, 3.8) is 0 Å². The highest BCUT2D eigenvalue weighted by Crippen LogP contribution is 2.36. The van der Waals surface area contributed by atoms with E-state index in [-0.39, 0.29) is 5.91 Å². The molecule has 0 bridgehead atoms. The molecule has 1 saturated heterocycles. The molecule has 30 heavy (non-hydrogen) atoms. The Bertz CT molecular complexity index is 645. The van der Waals surface area contributed by atoms with Gasteiger partial charge in [0.05, 0.1) is 19.8 Å². The number of rotatable bonds is 10. The number of carbonyl (C=O) groups excluding carboxylic acids is 1. The van der Waals surface area contributed by atoms with Gasteiger partial charge in [-0.25, -0.2) is 0 Å². The SMILES string of the molecule is CCCO[C@]1(C(=O)Nc2ccc(OCCCN3CCOCC3)cc2)CCC[C@@H](C)C1. The first kappa shape index (κ1) is 23.0. The maximum atomic E-state index is 13.1. The molecule has 1 N–H and O–H groups in total. The lowest BCUT2D eigenvalue weighted by Gasteiger charge is -2.38. The Balaban J connectivity index is 1.46. The van der Waals surface area contributed by atoms with Crippen molar-refractivity contribution in [2.24, 2.45) is 5.92 Å². The van der Waals surface area contributed by atoms with Gasteiger partial charge in [-0.05, 0) is 62.3 Å². The molecule has 1 saturated carbocycles. The van der Waals surface area contributed by atoms with Crippen molar-refractivity contribution in [3.05, 3.63) is 24.3 Å². The van der Waals surface area contributed by atoms with Gasteiger partial charge in [-0.15, -0.1) is 0 Å². The van der Waals surface area contributed by atoms with Crippen LogP contribution in [0.25, 0.3) is 0 Å². The van der Waals surface area contributed by atoms with E-state index in [4.69, 9.17) is 14.2 Å². The van der Waals surface area contributed by atoms with E-state index in [9.17, 15) is 4.79 Å². The maximum Gasteiger partial charge on any atom is 0.256 e. The van der Waals surface area contributed by atoms with Gasteiger partial charge in [-0.1, -0.05) is 20.3 Å². The average molecular weight is 419 g/mol. The molecule has 0 aromatic heterocycles. The van der Waals surface area contributed by atoms with Crippen molar-refractivity contribution in [2.45, 2.75) is 58.0 Å². The lowest BCUT2D eigenvalue weighted by molar-refractivity contribution is -0.148. The van der Waals surface area contributed by atoms with E-state index < -0.39 is 5.60 Å². The molecular formula is C24H38N2O4. The Hall–Kier alpha value is -1.63. The van der Waals surface area contributed by atoms with Crippen LogP contribution in [-0.2, 0) is 14.3 Å². The molecule has 0 spiro atoms. The van der Waals surface area contributed by atoms with Crippen LogP contribution in [0.1, 0.15) is 52.4 Å². The van der Waals surface area contributed by atoms with Crippen LogP contribution < -0.4 is 10.1 Å². The fraction of sp³-hybridized carbons (Fsp3) is 0.708. The Morgan fingerprint density at radius 3 is 2.70 bits per heavy atom. The van der Waals surface area contributed by atoms with Gasteiger partial charge in [0.15, 0.2) is 0 Å². The van der Waals surface area contributed by atoms with Gasteiger partial charge < -0.3 is 19.5 Å². The second-order valence-corrected chi connectivity index (χ2v) is 8.68. The first-order valence-corrected chi connectivity index (χ1v) is 11.6. The summed E-state index contributed by atoms with van der Waals surface area (Å²) >= 11 is 0. The second kappa shape index (κ2) is 11.7. The lowest BCUT2D eigenvalue weighted by atomic mass is 9.78. The number of benzene rings is 1. The number of carbonyl (C=O) groups is 1. The zero-order valence-corrected chi connectivity index (χ0v) is 18.7. The molecule has 6 heteroatoms. The molecule has 1 heterocycles. The quantitative estimate of drug-likeness (QED) is 0.580. The van der Waals surface area contributed by atoms with Crippen LogP contribution in [0, 0.1) is 5.92 Å². The van der Waals surface area contributed by atoms with Crippen LogP contribution in [0.4, 0.5) is 5.69 Å². The standard InChI is InChI=1S/C24H38N2O4/c1-3-15-30-24(11-4-6-20(2)19-24)23(27)25-21-7-9-22(10-8-21)29-16-5-12-26-13-17-28-18-14-26/h7-10,20H,3-6,11-19H2,1-2H3,(H,25,27)/t20-,24-/m1/s1. The van der Waals surface area contributed by atoms with E-state index in [1.54, 1.807) is 0 Å². The molecule has 1 aromatic carbocycles. The lowest BCUT2D eigenvalue weighted by Crippen LogP contribution is -2.48. The Morgan fingerprint density at radius 1 is 1.23 bits per heavy atom. The third-order valence-corrected chi connectivity index (χ3v) is 6.06. The first-order valence-electron chi connectivity index (χ1n) is 11.6. The van der Waals surface area contributed by atoms with E-state index in [1.807, 2.05) is 24.3 Å². The van der Waals surface area contributed by atoms with Gasteiger partial charge in [0.25, 0.3) is 5.91 Å². The summed E-state index contributed by atoms with van der Waals surface area (Å²) in [5.74, 6) is 1.33. The molecule has 1 aliphatic carbocycles. The van der Waals surface area contributed by atoms with E-state index in [0.29, 0.717) is 19.1 Å². The van der Waals surface area contributed by atoms with Crippen molar-refractivity contribution in [1.82, 2.24) is 4.90 Å². The molecule has 2 fully saturated rings. The summed E-state index contributed by atoms with van der Waals surface area (Å²) < 4.78 is 17.4. The first-order chi connectivity index (χ1) is 14.6. The summed E-state index contributed by atoms with van der Waals surface area (Å²) in [6.07, 6.45) is 5.71. The predicted octanol–water partition coefficient (Wildman–Crippen LogP) is 4.10. The molecular weight excluding hydrogens is 380 g/mol. The van der Waals surface area contributed by atoms with Crippen LogP contribution in [-0.4, -0.2) is 62.5 Å². The van der Waals surface area contributed by atoms with E-state index in [1.165, 1.54) is 6.42 Å². The number of morpholine rings is 1. The number of anilines is 1. The summed E-state index contributed by atoms with van der Waals surface area (Å²) in [6, 6.07) is 7.67. The molecule has 6 nitrogen and oxygen atoms in total.